The summed E-state index contributed by atoms with van der Waals surface area (Å²) < 4.78 is 20.2. The smallest absolute Gasteiger partial charge is 0.379 e. The summed E-state index contributed by atoms with van der Waals surface area (Å²) in [5.41, 5.74) is 1.16. The van der Waals surface area contributed by atoms with Crippen molar-refractivity contribution in [2.24, 2.45) is 0 Å². The van der Waals surface area contributed by atoms with Gasteiger partial charge in [0.05, 0.1) is 17.9 Å². The molecule has 38 heavy (non-hydrogen) atoms. The number of anilines is 1. The number of hydrogen-bond donors (Lipinski definition) is 1. The maximum Gasteiger partial charge on any atom is 0.379 e. The number of ether oxygens (including phenoxy) is 3. The van der Waals surface area contributed by atoms with Gasteiger partial charge in [0.15, 0.2) is 12.4 Å². The van der Waals surface area contributed by atoms with Crippen LogP contribution in [0.5, 0.6) is 5.75 Å². The van der Waals surface area contributed by atoms with E-state index >= 15 is 0 Å². The Balaban J connectivity index is 1.34. The molecular formula is C28H27NO9. The van der Waals surface area contributed by atoms with Crippen LogP contribution in [0, 0.1) is 0 Å². The van der Waals surface area contributed by atoms with Crippen molar-refractivity contribution in [2.75, 3.05) is 11.9 Å². The molecule has 0 aliphatic heterocycles. The van der Waals surface area contributed by atoms with Crippen molar-refractivity contribution in [3.8, 4) is 5.75 Å². The van der Waals surface area contributed by atoms with Gasteiger partial charge in [0.1, 0.15) is 5.75 Å². The minimum Gasteiger partial charge on any atom is -0.459 e. The molecule has 0 fully saturated rings. The van der Waals surface area contributed by atoms with Gasteiger partial charge in [-0.3, -0.25) is 14.4 Å². The molecule has 3 rings (SSSR count). The van der Waals surface area contributed by atoms with Crippen molar-refractivity contribution >= 4 is 35.3 Å². The summed E-state index contributed by atoms with van der Waals surface area (Å²) in [5.74, 6) is -2.18. The second-order valence-corrected chi connectivity index (χ2v) is 8.41. The summed E-state index contributed by atoms with van der Waals surface area (Å²) in [7, 11) is 0. The first-order chi connectivity index (χ1) is 18.2. The van der Waals surface area contributed by atoms with Crippen LogP contribution in [0.25, 0.3) is 0 Å². The summed E-state index contributed by atoms with van der Waals surface area (Å²) in [4.78, 5) is 60.1. The topological polar surface area (TPSA) is 138 Å². The Labute approximate surface area is 218 Å². The average molecular weight is 522 g/mol. The number of hydrogen-bond acceptors (Lipinski definition) is 9. The quantitative estimate of drug-likeness (QED) is 0.206. The van der Waals surface area contributed by atoms with E-state index in [2.05, 4.69) is 5.32 Å². The zero-order valence-electron chi connectivity index (χ0n) is 20.9. The lowest BCUT2D eigenvalue weighted by molar-refractivity contribution is -0.142. The van der Waals surface area contributed by atoms with Gasteiger partial charge in [0.2, 0.25) is 11.7 Å². The first-order valence-corrected chi connectivity index (χ1v) is 11.9. The summed E-state index contributed by atoms with van der Waals surface area (Å²) in [6.45, 7) is 3.05. The average Bonchev–Trinajstić information content (AvgIpc) is 3.43. The molecular weight excluding hydrogens is 494 g/mol. The summed E-state index contributed by atoms with van der Waals surface area (Å²) >= 11 is 0. The van der Waals surface area contributed by atoms with Crippen LogP contribution in [0.3, 0.4) is 0 Å². The van der Waals surface area contributed by atoms with Gasteiger partial charge in [-0.1, -0.05) is 0 Å². The van der Waals surface area contributed by atoms with Crippen LogP contribution in [0.1, 0.15) is 64.4 Å². The highest BCUT2D eigenvalue weighted by Gasteiger charge is 2.14. The number of carbonyl (C=O) groups excluding carboxylic acids is 5. The Morgan fingerprint density at radius 2 is 1.53 bits per heavy atom. The third kappa shape index (κ3) is 8.74. The third-order valence-electron chi connectivity index (χ3n) is 5.01. The van der Waals surface area contributed by atoms with E-state index in [4.69, 9.17) is 18.6 Å². The molecule has 0 unspecified atom stereocenters. The van der Waals surface area contributed by atoms with E-state index in [-0.39, 0.29) is 48.3 Å². The zero-order valence-corrected chi connectivity index (χ0v) is 20.9. The highest BCUT2D eigenvalue weighted by Crippen LogP contribution is 2.16. The molecule has 0 aliphatic rings. The van der Waals surface area contributed by atoms with Crippen molar-refractivity contribution < 1.29 is 42.6 Å². The Hall–Kier alpha value is -4.73. The number of benzene rings is 2. The Morgan fingerprint density at radius 3 is 2.16 bits per heavy atom. The Bertz CT molecular complexity index is 1260. The molecule has 0 spiro atoms. The van der Waals surface area contributed by atoms with E-state index in [1.807, 2.05) is 0 Å². The number of ketones is 1. The van der Waals surface area contributed by atoms with Gasteiger partial charge >= 0.3 is 17.9 Å². The largest absolute Gasteiger partial charge is 0.459 e. The number of furan rings is 1. The maximum atomic E-state index is 12.3. The van der Waals surface area contributed by atoms with Crippen molar-refractivity contribution in [1.29, 1.82) is 0 Å². The fourth-order valence-corrected chi connectivity index (χ4v) is 3.15. The molecule has 2 aromatic carbocycles. The fraction of sp³-hybridized carbons (Fsp3) is 0.250. The fourth-order valence-electron chi connectivity index (χ4n) is 3.15. The van der Waals surface area contributed by atoms with Gasteiger partial charge < -0.3 is 23.9 Å². The van der Waals surface area contributed by atoms with Gasteiger partial charge in [-0.25, -0.2) is 9.59 Å². The minimum absolute atomic E-state index is 0.0393. The lowest BCUT2D eigenvalue weighted by atomic mass is 10.1. The third-order valence-corrected chi connectivity index (χ3v) is 5.01. The van der Waals surface area contributed by atoms with E-state index in [0.717, 1.165) is 0 Å². The summed E-state index contributed by atoms with van der Waals surface area (Å²) in [6, 6.07) is 15.1. The highest BCUT2D eigenvalue weighted by molar-refractivity contribution is 5.98. The van der Waals surface area contributed by atoms with E-state index < -0.39 is 30.3 Å². The number of rotatable bonds is 12. The molecule has 198 valence electrons. The molecule has 3 aromatic rings. The number of Topliss-reactive ketones (excluding diaryl/α,β-unsaturated/α-hetero) is 1. The molecule has 10 nitrogen and oxygen atoms in total. The molecule has 1 amide bonds. The Morgan fingerprint density at radius 1 is 0.842 bits per heavy atom. The van der Waals surface area contributed by atoms with Crippen LogP contribution in [0.4, 0.5) is 5.69 Å². The first kappa shape index (κ1) is 27.9. The van der Waals surface area contributed by atoms with Crippen LogP contribution in [0.2, 0.25) is 0 Å². The molecule has 0 saturated heterocycles. The number of amides is 1. The number of esters is 3. The van der Waals surface area contributed by atoms with E-state index in [1.54, 1.807) is 44.2 Å². The van der Waals surface area contributed by atoms with Crippen molar-refractivity contribution in [3.63, 3.8) is 0 Å². The van der Waals surface area contributed by atoms with Gasteiger partial charge in [-0.05, 0) is 80.9 Å². The van der Waals surface area contributed by atoms with E-state index in [0.29, 0.717) is 11.3 Å². The van der Waals surface area contributed by atoms with Crippen LogP contribution >= 0.6 is 0 Å². The molecule has 0 saturated carbocycles. The molecule has 10 heteroatoms. The molecule has 1 aromatic heterocycles. The van der Waals surface area contributed by atoms with Gasteiger partial charge in [-0.15, -0.1) is 0 Å². The molecule has 0 radical (unpaired) electrons. The standard InChI is InChI=1S/C28H27NO9/c1-18(2)37-27(33)20-8-12-21(13-9-20)29-25(31)6-3-7-26(32)36-17-23(30)19-10-14-22(15-11-19)38-28(34)24-5-4-16-35-24/h4-5,8-16,18H,3,6-7,17H2,1-2H3,(H,29,31). The zero-order chi connectivity index (χ0) is 27.5. The molecule has 0 bridgehead atoms. The van der Waals surface area contributed by atoms with Crippen molar-refractivity contribution in [2.45, 2.75) is 39.2 Å². The molecule has 0 atom stereocenters. The van der Waals surface area contributed by atoms with Gasteiger partial charge in [0.25, 0.3) is 0 Å². The monoisotopic (exact) mass is 521 g/mol. The lowest BCUT2D eigenvalue weighted by Crippen LogP contribution is -2.16. The van der Waals surface area contributed by atoms with E-state index in [9.17, 15) is 24.0 Å². The first-order valence-electron chi connectivity index (χ1n) is 11.9. The molecule has 0 aliphatic carbocycles. The van der Waals surface area contributed by atoms with Crippen LogP contribution in [-0.2, 0) is 19.1 Å². The number of nitrogens with one attached hydrogen (secondary N) is 1. The van der Waals surface area contributed by atoms with Crippen molar-refractivity contribution in [3.05, 3.63) is 83.8 Å². The van der Waals surface area contributed by atoms with Crippen LogP contribution in [0.15, 0.2) is 71.3 Å². The minimum atomic E-state index is -0.668. The second-order valence-electron chi connectivity index (χ2n) is 8.41. The SMILES string of the molecule is CC(C)OC(=O)c1ccc(NC(=O)CCCC(=O)OCC(=O)c2ccc(OC(=O)c3ccco3)cc2)cc1. The normalized spacial score (nSPS) is 10.5. The number of carbonyl (C=O) groups is 5. The van der Waals surface area contributed by atoms with Crippen molar-refractivity contribution in [1.82, 2.24) is 0 Å². The highest BCUT2D eigenvalue weighted by atomic mass is 16.6. The molecule has 1 N–H and O–H groups in total. The van der Waals surface area contributed by atoms with Crippen LogP contribution in [-0.4, -0.2) is 42.3 Å². The van der Waals surface area contributed by atoms with E-state index in [1.165, 1.54) is 36.6 Å². The summed E-state index contributed by atoms with van der Waals surface area (Å²) in [6.07, 6.45) is 1.38. The lowest BCUT2D eigenvalue weighted by Gasteiger charge is -2.09. The Kier molecular flexibility index (Phi) is 9.93. The second kappa shape index (κ2) is 13.5. The van der Waals surface area contributed by atoms with Gasteiger partial charge in [-0.2, -0.15) is 0 Å². The maximum absolute atomic E-state index is 12.3. The van der Waals surface area contributed by atoms with Gasteiger partial charge in [0, 0.05) is 24.1 Å². The predicted molar refractivity (Wildman–Crippen MR) is 135 cm³/mol. The molecule has 1 heterocycles. The summed E-state index contributed by atoms with van der Waals surface area (Å²) in [5, 5.41) is 2.68. The predicted octanol–water partition coefficient (Wildman–Crippen LogP) is 4.60. The van der Waals surface area contributed by atoms with Crippen LogP contribution < -0.4 is 10.1 Å².